The van der Waals surface area contributed by atoms with Crippen LogP contribution in [0.25, 0.3) is 0 Å². The number of aliphatic hydroxyl groups is 1. The van der Waals surface area contributed by atoms with Gasteiger partial charge in [0.15, 0.2) is 0 Å². The van der Waals surface area contributed by atoms with E-state index in [0.717, 1.165) is 4.90 Å². The van der Waals surface area contributed by atoms with Crippen molar-refractivity contribution in [2.45, 2.75) is 12.5 Å². The molecule has 5 N–H and O–H groups in total. The fourth-order valence-corrected chi connectivity index (χ4v) is 1.19. The van der Waals surface area contributed by atoms with Gasteiger partial charge in [-0.3, -0.25) is 4.79 Å². The highest BCUT2D eigenvalue weighted by Crippen LogP contribution is 1.96. The van der Waals surface area contributed by atoms with Crippen LogP contribution in [-0.2, 0) is 9.59 Å². The first-order valence-electron chi connectivity index (χ1n) is 5.20. The predicted octanol–water partition coefficient (Wildman–Crippen LogP) is -1.50. The lowest BCUT2D eigenvalue weighted by molar-refractivity contribution is -0.140. The molecular formula is C10H17N3O5. The van der Waals surface area contributed by atoms with E-state index in [1.807, 2.05) is 0 Å². The van der Waals surface area contributed by atoms with E-state index in [2.05, 4.69) is 11.9 Å². The maximum atomic E-state index is 11.7. The molecule has 0 spiro atoms. The second-order valence-corrected chi connectivity index (χ2v) is 3.47. The number of rotatable bonds is 8. The predicted molar refractivity (Wildman–Crippen MR) is 62.6 cm³/mol. The summed E-state index contributed by atoms with van der Waals surface area (Å²) in [6.07, 6.45) is 0.932. The minimum absolute atomic E-state index is 0.0285. The molecule has 0 aliphatic heterocycles. The molecule has 0 radical (unpaired) electrons. The third kappa shape index (κ3) is 5.85. The molecule has 0 saturated heterocycles. The van der Waals surface area contributed by atoms with Crippen LogP contribution >= 0.6 is 0 Å². The Bertz CT molecular complexity index is 331. The fraction of sp³-hybridized carbons (Fsp3) is 0.500. The number of aliphatic carboxylic acids is 1. The van der Waals surface area contributed by atoms with Gasteiger partial charge in [0.05, 0.1) is 13.0 Å². The summed E-state index contributed by atoms with van der Waals surface area (Å²) in [5.41, 5.74) is 4.88. The Morgan fingerprint density at radius 3 is 2.44 bits per heavy atom. The standard InChI is InChI=1S/C10H17N3O5/c1-2-3-13(4-5-14)10(18)12-7(9(16)17)6-8(11)15/h2,7,14H,1,3-6H2,(H2,11,15)(H,12,18)(H,16,17)/t7-/m0/s1. The normalized spacial score (nSPS) is 11.4. The van der Waals surface area contributed by atoms with Crippen LogP contribution in [0.5, 0.6) is 0 Å². The van der Waals surface area contributed by atoms with Crippen LogP contribution in [0.15, 0.2) is 12.7 Å². The monoisotopic (exact) mass is 259 g/mol. The van der Waals surface area contributed by atoms with E-state index >= 15 is 0 Å². The van der Waals surface area contributed by atoms with Crippen molar-refractivity contribution in [3.05, 3.63) is 12.7 Å². The van der Waals surface area contributed by atoms with Gasteiger partial charge in [0.2, 0.25) is 5.91 Å². The first-order chi connectivity index (χ1) is 8.42. The van der Waals surface area contributed by atoms with Gasteiger partial charge in [0.25, 0.3) is 0 Å². The van der Waals surface area contributed by atoms with Crippen molar-refractivity contribution in [2.24, 2.45) is 5.73 Å². The number of carboxylic acid groups (broad SMARTS) is 1. The van der Waals surface area contributed by atoms with E-state index in [4.69, 9.17) is 15.9 Å². The molecule has 8 heteroatoms. The number of carbonyl (C=O) groups is 3. The molecule has 0 aromatic rings. The van der Waals surface area contributed by atoms with E-state index in [0.29, 0.717) is 0 Å². The van der Waals surface area contributed by atoms with Crippen molar-refractivity contribution in [3.63, 3.8) is 0 Å². The lowest BCUT2D eigenvalue weighted by atomic mass is 10.2. The molecule has 102 valence electrons. The van der Waals surface area contributed by atoms with Gasteiger partial charge in [-0.1, -0.05) is 6.08 Å². The molecule has 8 nitrogen and oxygen atoms in total. The maximum absolute atomic E-state index is 11.7. The summed E-state index contributed by atoms with van der Waals surface area (Å²) in [6, 6.07) is -2.10. The number of hydrogen-bond acceptors (Lipinski definition) is 4. The van der Waals surface area contributed by atoms with Crippen LogP contribution in [0.1, 0.15) is 6.42 Å². The second kappa shape index (κ2) is 8.07. The Labute approximate surface area is 104 Å². The van der Waals surface area contributed by atoms with Gasteiger partial charge in [0, 0.05) is 13.1 Å². The number of carbonyl (C=O) groups excluding carboxylic acids is 2. The van der Waals surface area contributed by atoms with Crippen LogP contribution in [0.4, 0.5) is 4.79 Å². The summed E-state index contributed by atoms with van der Waals surface area (Å²) in [5, 5.41) is 19.7. The molecule has 1 atom stereocenters. The van der Waals surface area contributed by atoms with E-state index in [9.17, 15) is 14.4 Å². The van der Waals surface area contributed by atoms with Crippen LogP contribution < -0.4 is 11.1 Å². The molecule has 0 rings (SSSR count). The summed E-state index contributed by atoms with van der Waals surface area (Å²) < 4.78 is 0. The molecule has 0 aliphatic rings. The summed E-state index contributed by atoms with van der Waals surface area (Å²) in [5.74, 6) is -2.19. The summed E-state index contributed by atoms with van der Waals surface area (Å²) in [6.45, 7) is 3.34. The van der Waals surface area contributed by atoms with E-state index in [-0.39, 0.29) is 19.7 Å². The zero-order valence-electron chi connectivity index (χ0n) is 9.83. The smallest absolute Gasteiger partial charge is 0.326 e. The third-order valence-corrected chi connectivity index (χ3v) is 2.01. The van der Waals surface area contributed by atoms with Gasteiger partial charge < -0.3 is 26.2 Å². The molecule has 18 heavy (non-hydrogen) atoms. The lowest BCUT2D eigenvalue weighted by Crippen LogP contribution is -2.50. The van der Waals surface area contributed by atoms with Gasteiger partial charge >= 0.3 is 12.0 Å². The highest BCUT2D eigenvalue weighted by atomic mass is 16.4. The SMILES string of the molecule is C=CCN(CCO)C(=O)N[C@@H](CC(N)=O)C(=O)O. The Balaban J connectivity index is 4.58. The Hall–Kier alpha value is -2.09. The summed E-state index contributed by atoms with van der Waals surface area (Å²) >= 11 is 0. The number of nitrogens with one attached hydrogen (secondary N) is 1. The molecule has 0 heterocycles. The average Bonchev–Trinajstić information content (AvgIpc) is 2.27. The first kappa shape index (κ1) is 15.9. The summed E-state index contributed by atoms with van der Waals surface area (Å²) in [4.78, 5) is 34.3. The molecule has 0 bridgehead atoms. The van der Waals surface area contributed by atoms with Gasteiger partial charge in [-0.15, -0.1) is 6.58 Å². The van der Waals surface area contributed by atoms with Crippen molar-refractivity contribution in [2.75, 3.05) is 19.7 Å². The van der Waals surface area contributed by atoms with Gasteiger partial charge in [-0.05, 0) is 0 Å². The molecule has 0 aromatic carbocycles. The topological polar surface area (TPSA) is 133 Å². The fourth-order valence-electron chi connectivity index (χ4n) is 1.19. The van der Waals surface area contributed by atoms with Gasteiger partial charge in [0.1, 0.15) is 6.04 Å². The molecule has 3 amide bonds. The number of nitrogens with two attached hydrogens (primary N) is 1. The quantitative estimate of drug-likeness (QED) is 0.394. The van der Waals surface area contributed by atoms with Crippen molar-refractivity contribution in [1.29, 1.82) is 0 Å². The Morgan fingerprint density at radius 2 is 2.06 bits per heavy atom. The average molecular weight is 259 g/mol. The maximum Gasteiger partial charge on any atom is 0.326 e. The molecule has 0 unspecified atom stereocenters. The minimum Gasteiger partial charge on any atom is -0.480 e. The molecule has 0 aromatic heterocycles. The molecule has 0 saturated carbocycles. The largest absolute Gasteiger partial charge is 0.480 e. The minimum atomic E-state index is -1.39. The zero-order valence-corrected chi connectivity index (χ0v) is 9.83. The van der Waals surface area contributed by atoms with Crippen molar-refractivity contribution >= 4 is 17.9 Å². The van der Waals surface area contributed by atoms with Gasteiger partial charge in [-0.2, -0.15) is 0 Å². The number of urea groups is 1. The third-order valence-electron chi connectivity index (χ3n) is 2.01. The lowest BCUT2D eigenvalue weighted by Gasteiger charge is -2.22. The Morgan fingerprint density at radius 1 is 1.44 bits per heavy atom. The Kier molecular flexibility index (Phi) is 7.13. The molecule has 0 fully saturated rings. The van der Waals surface area contributed by atoms with Crippen molar-refractivity contribution < 1.29 is 24.6 Å². The van der Waals surface area contributed by atoms with E-state index in [1.165, 1.54) is 6.08 Å². The van der Waals surface area contributed by atoms with E-state index < -0.39 is 30.4 Å². The van der Waals surface area contributed by atoms with Crippen LogP contribution in [0.2, 0.25) is 0 Å². The number of primary amides is 1. The first-order valence-corrected chi connectivity index (χ1v) is 5.20. The van der Waals surface area contributed by atoms with Gasteiger partial charge in [-0.25, -0.2) is 9.59 Å². The van der Waals surface area contributed by atoms with Crippen LogP contribution in [0.3, 0.4) is 0 Å². The van der Waals surface area contributed by atoms with Crippen LogP contribution in [0, 0.1) is 0 Å². The van der Waals surface area contributed by atoms with E-state index in [1.54, 1.807) is 0 Å². The van der Waals surface area contributed by atoms with Crippen molar-refractivity contribution in [1.82, 2.24) is 10.2 Å². The number of hydrogen-bond donors (Lipinski definition) is 4. The molecular weight excluding hydrogens is 242 g/mol. The van der Waals surface area contributed by atoms with Crippen molar-refractivity contribution in [3.8, 4) is 0 Å². The summed E-state index contributed by atoms with van der Waals surface area (Å²) in [7, 11) is 0. The molecule has 0 aliphatic carbocycles. The highest BCUT2D eigenvalue weighted by Gasteiger charge is 2.24. The van der Waals surface area contributed by atoms with Crippen LogP contribution in [-0.4, -0.2) is 58.8 Å². The number of aliphatic hydroxyl groups excluding tert-OH is 1. The number of amides is 3. The second-order valence-electron chi connectivity index (χ2n) is 3.47. The number of nitrogens with zero attached hydrogens (tertiary/aromatic N) is 1. The number of carboxylic acids is 1. The zero-order chi connectivity index (χ0) is 14.1. The highest BCUT2D eigenvalue weighted by molar-refractivity contribution is 5.87.